The van der Waals surface area contributed by atoms with Crippen molar-refractivity contribution in [2.45, 2.75) is 32.2 Å². The van der Waals surface area contributed by atoms with E-state index in [2.05, 4.69) is 18.9 Å². The Hall–Kier alpha value is -2.34. The fraction of sp³-hybridized carbons (Fsp3) is 0.524. The second-order valence-electron chi connectivity index (χ2n) is 7.41. The Morgan fingerprint density at radius 3 is 2.30 bits per heavy atom. The van der Waals surface area contributed by atoms with E-state index in [1.807, 2.05) is 36.2 Å². The van der Waals surface area contributed by atoms with Gasteiger partial charge >= 0.3 is 0 Å². The van der Waals surface area contributed by atoms with E-state index in [0.717, 1.165) is 43.7 Å². The highest BCUT2D eigenvalue weighted by Crippen LogP contribution is 2.33. The minimum absolute atomic E-state index is 0.220. The first-order valence-corrected chi connectivity index (χ1v) is 9.65. The van der Waals surface area contributed by atoms with Crippen LogP contribution < -0.4 is 4.74 Å². The molecular weight excluding hydrogens is 342 g/mol. The number of imide groups is 1. The molecule has 3 rings (SSSR count). The van der Waals surface area contributed by atoms with Crippen molar-refractivity contribution in [2.24, 2.45) is 0 Å². The molecular formula is C21H29N3O3. The maximum absolute atomic E-state index is 12.8. The lowest BCUT2D eigenvalue weighted by atomic mass is 10.00. The predicted molar refractivity (Wildman–Crippen MR) is 105 cm³/mol. The number of hydrogen-bond acceptors (Lipinski definition) is 5. The second-order valence-corrected chi connectivity index (χ2v) is 7.41. The molecule has 2 aliphatic rings. The van der Waals surface area contributed by atoms with E-state index < -0.39 is 0 Å². The number of benzene rings is 1. The zero-order chi connectivity index (χ0) is 19.6. The average molecular weight is 371 g/mol. The van der Waals surface area contributed by atoms with Crippen LogP contribution in [0.5, 0.6) is 5.75 Å². The van der Waals surface area contributed by atoms with Gasteiger partial charge in [0.05, 0.1) is 12.2 Å². The van der Waals surface area contributed by atoms with E-state index in [1.165, 1.54) is 4.90 Å². The Balaban J connectivity index is 1.92. The number of hydrogen-bond donors (Lipinski definition) is 0. The van der Waals surface area contributed by atoms with Crippen LogP contribution in [-0.2, 0) is 9.59 Å². The third-order valence-corrected chi connectivity index (χ3v) is 5.47. The van der Waals surface area contributed by atoms with E-state index in [-0.39, 0.29) is 17.9 Å². The highest BCUT2D eigenvalue weighted by molar-refractivity contribution is 6.35. The van der Waals surface area contributed by atoms with Crippen molar-refractivity contribution in [1.29, 1.82) is 0 Å². The van der Waals surface area contributed by atoms with Gasteiger partial charge in [0, 0.05) is 20.1 Å². The average Bonchev–Trinajstić information content (AvgIpc) is 2.91. The fourth-order valence-corrected chi connectivity index (χ4v) is 3.72. The minimum atomic E-state index is -0.239. The Labute approximate surface area is 161 Å². The van der Waals surface area contributed by atoms with Crippen LogP contribution in [0.25, 0.3) is 5.57 Å². The quantitative estimate of drug-likeness (QED) is 0.718. The van der Waals surface area contributed by atoms with Gasteiger partial charge in [-0.15, -0.1) is 0 Å². The van der Waals surface area contributed by atoms with Gasteiger partial charge in [-0.2, -0.15) is 0 Å². The molecule has 0 spiro atoms. The van der Waals surface area contributed by atoms with Gasteiger partial charge in [-0.25, -0.2) is 0 Å². The van der Waals surface area contributed by atoms with Gasteiger partial charge < -0.3 is 14.5 Å². The third kappa shape index (κ3) is 3.86. The number of carbonyl (C=O) groups excluding carboxylic acids is 2. The summed E-state index contributed by atoms with van der Waals surface area (Å²) < 4.78 is 5.63. The summed E-state index contributed by atoms with van der Waals surface area (Å²) in [6.45, 7) is 4.72. The molecule has 0 unspecified atom stereocenters. The summed E-state index contributed by atoms with van der Waals surface area (Å²) in [5.41, 5.74) is 1.77. The Morgan fingerprint density at radius 1 is 1.07 bits per heavy atom. The van der Waals surface area contributed by atoms with Gasteiger partial charge in [-0.3, -0.25) is 14.5 Å². The molecule has 1 aromatic rings. The molecule has 0 aliphatic carbocycles. The molecule has 0 bridgehead atoms. The summed E-state index contributed by atoms with van der Waals surface area (Å²) in [5, 5.41) is 0. The van der Waals surface area contributed by atoms with Crippen LogP contribution in [0.4, 0.5) is 0 Å². The van der Waals surface area contributed by atoms with Crippen molar-refractivity contribution < 1.29 is 14.3 Å². The largest absolute Gasteiger partial charge is 0.494 e. The van der Waals surface area contributed by atoms with Gasteiger partial charge in [0.2, 0.25) is 0 Å². The van der Waals surface area contributed by atoms with Crippen molar-refractivity contribution in [3.63, 3.8) is 0 Å². The number of carbonyl (C=O) groups is 2. The van der Waals surface area contributed by atoms with E-state index >= 15 is 0 Å². The molecule has 2 aliphatic heterocycles. The van der Waals surface area contributed by atoms with Crippen LogP contribution in [0, 0.1) is 0 Å². The van der Waals surface area contributed by atoms with Gasteiger partial charge in [-0.05, 0) is 57.1 Å². The Bertz CT molecular complexity index is 734. The molecule has 1 aromatic carbocycles. The SMILES string of the molecule is CCCOc1ccc(C2=C(N(C)C3CCN(C)CC3)C(=O)N(C)C2=O)cc1. The maximum Gasteiger partial charge on any atom is 0.277 e. The van der Waals surface area contributed by atoms with Crippen LogP contribution in [-0.4, -0.2) is 73.4 Å². The second kappa shape index (κ2) is 8.13. The highest BCUT2D eigenvalue weighted by atomic mass is 16.5. The number of nitrogens with zero attached hydrogens (tertiary/aromatic N) is 3. The molecule has 2 amide bonds. The molecule has 27 heavy (non-hydrogen) atoms. The third-order valence-electron chi connectivity index (χ3n) is 5.47. The summed E-state index contributed by atoms with van der Waals surface area (Å²) in [4.78, 5) is 31.2. The molecule has 0 atom stereocenters. The summed E-state index contributed by atoms with van der Waals surface area (Å²) in [7, 11) is 5.61. The maximum atomic E-state index is 12.8. The lowest BCUT2D eigenvalue weighted by molar-refractivity contribution is -0.136. The van der Waals surface area contributed by atoms with Crippen molar-refractivity contribution in [3.05, 3.63) is 35.5 Å². The number of likely N-dealkylation sites (tertiary alicyclic amines) is 1. The van der Waals surface area contributed by atoms with Gasteiger partial charge in [0.15, 0.2) is 0 Å². The van der Waals surface area contributed by atoms with E-state index in [1.54, 1.807) is 7.05 Å². The van der Waals surface area contributed by atoms with Crippen LogP contribution in [0.2, 0.25) is 0 Å². The van der Waals surface area contributed by atoms with Crippen molar-refractivity contribution >= 4 is 17.4 Å². The van der Waals surface area contributed by atoms with Gasteiger partial charge in [0.1, 0.15) is 11.4 Å². The van der Waals surface area contributed by atoms with Crippen molar-refractivity contribution in [2.75, 3.05) is 40.8 Å². The number of piperidine rings is 1. The van der Waals surface area contributed by atoms with Gasteiger partial charge in [0.25, 0.3) is 11.8 Å². The number of likely N-dealkylation sites (N-methyl/N-ethyl adjacent to an activating group) is 2. The number of rotatable bonds is 6. The van der Waals surface area contributed by atoms with E-state index in [0.29, 0.717) is 17.9 Å². The number of amides is 2. The predicted octanol–water partition coefficient (Wildman–Crippen LogP) is 2.21. The van der Waals surface area contributed by atoms with Crippen LogP contribution in [0.1, 0.15) is 31.7 Å². The molecule has 0 aromatic heterocycles. The fourth-order valence-electron chi connectivity index (χ4n) is 3.72. The van der Waals surface area contributed by atoms with Crippen LogP contribution >= 0.6 is 0 Å². The molecule has 6 nitrogen and oxygen atoms in total. The molecule has 146 valence electrons. The molecule has 0 radical (unpaired) electrons. The van der Waals surface area contributed by atoms with E-state index in [4.69, 9.17) is 4.74 Å². The molecule has 6 heteroatoms. The minimum Gasteiger partial charge on any atom is -0.494 e. The topological polar surface area (TPSA) is 53.1 Å². The Kier molecular flexibility index (Phi) is 5.85. The lowest BCUT2D eigenvalue weighted by Gasteiger charge is -2.36. The standard InChI is InChI=1S/C21H29N3O3/c1-5-14-27-17-8-6-15(7-9-17)18-19(21(26)24(4)20(18)25)23(3)16-10-12-22(2)13-11-16/h6-9,16H,5,10-14H2,1-4H3. The van der Waals surface area contributed by atoms with E-state index in [9.17, 15) is 9.59 Å². The molecule has 0 saturated carbocycles. The summed E-state index contributed by atoms with van der Waals surface area (Å²) in [6, 6.07) is 7.73. The lowest BCUT2D eigenvalue weighted by Crippen LogP contribution is -2.43. The zero-order valence-electron chi connectivity index (χ0n) is 16.7. The molecule has 2 heterocycles. The van der Waals surface area contributed by atoms with Crippen LogP contribution in [0.15, 0.2) is 30.0 Å². The highest BCUT2D eigenvalue weighted by Gasteiger charge is 2.40. The number of ether oxygens (including phenoxy) is 1. The first-order chi connectivity index (χ1) is 12.9. The first-order valence-electron chi connectivity index (χ1n) is 9.65. The van der Waals surface area contributed by atoms with Crippen molar-refractivity contribution in [1.82, 2.24) is 14.7 Å². The smallest absolute Gasteiger partial charge is 0.277 e. The molecule has 0 N–H and O–H groups in total. The van der Waals surface area contributed by atoms with Crippen molar-refractivity contribution in [3.8, 4) is 5.75 Å². The molecule has 1 fully saturated rings. The summed E-state index contributed by atoms with van der Waals surface area (Å²) in [5.74, 6) is 0.316. The monoisotopic (exact) mass is 371 g/mol. The Morgan fingerprint density at radius 2 is 1.70 bits per heavy atom. The van der Waals surface area contributed by atoms with Gasteiger partial charge in [-0.1, -0.05) is 19.1 Å². The first kappa shape index (κ1) is 19.4. The summed E-state index contributed by atoms with van der Waals surface area (Å²) >= 11 is 0. The summed E-state index contributed by atoms with van der Waals surface area (Å²) in [6.07, 6.45) is 2.91. The van der Waals surface area contributed by atoms with Crippen LogP contribution in [0.3, 0.4) is 0 Å². The normalized spacial score (nSPS) is 19.2. The zero-order valence-corrected chi connectivity index (χ0v) is 16.7. The molecule has 1 saturated heterocycles.